The van der Waals surface area contributed by atoms with Gasteiger partial charge >= 0.3 is 0 Å². The van der Waals surface area contributed by atoms with Gasteiger partial charge in [0.2, 0.25) is 0 Å². The molecule has 0 amide bonds. The monoisotopic (exact) mass is 357 g/mol. The Hall–Kier alpha value is -1.17. The molecule has 0 bridgehead atoms. The number of hydrogen-bond donors (Lipinski definition) is 1. The third-order valence-corrected chi connectivity index (χ3v) is 3.00. The number of nitrogens with one attached hydrogen (secondary N) is 1. The highest BCUT2D eigenvalue weighted by Crippen LogP contribution is 2.17. The summed E-state index contributed by atoms with van der Waals surface area (Å²) in [4.78, 5) is 0. The average Bonchev–Trinajstić information content (AvgIpc) is 2.81. The first-order valence-electron chi connectivity index (χ1n) is 5.99. The lowest BCUT2D eigenvalue weighted by atomic mass is 10.3. The predicted octanol–water partition coefficient (Wildman–Crippen LogP) is 4.29. The van der Waals surface area contributed by atoms with Crippen molar-refractivity contribution in [3.8, 4) is 5.75 Å². The number of benzene rings is 1. The zero-order valence-electron chi connectivity index (χ0n) is 10.3. The van der Waals surface area contributed by atoms with Gasteiger partial charge in [0.05, 0.1) is 13.2 Å². The second-order valence-corrected chi connectivity index (χ2v) is 5.00. The third-order valence-electron chi connectivity index (χ3n) is 2.42. The van der Waals surface area contributed by atoms with Crippen LogP contribution in [0.3, 0.4) is 0 Å². The van der Waals surface area contributed by atoms with E-state index >= 15 is 0 Å². The molecule has 1 N–H and O–H groups in total. The number of halogens is 1. The Morgan fingerprint density at radius 1 is 1.17 bits per heavy atom. The van der Waals surface area contributed by atoms with Crippen LogP contribution in [0.1, 0.15) is 19.1 Å². The molecule has 2 rings (SSSR count). The van der Waals surface area contributed by atoms with Crippen molar-refractivity contribution in [1.82, 2.24) is 0 Å². The summed E-state index contributed by atoms with van der Waals surface area (Å²) >= 11 is 2.16. The molecule has 96 valence electrons. The summed E-state index contributed by atoms with van der Waals surface area (Å²) in [7, 11) is 0. The summed E-state index contributed by atoms with van der Waals surface area (Å²) in [5.41, 5.74) is 1.06. The minimum Gasteiger partial charge on any atom is -0.494 e. The van der Waals surface area contributed by atoms with Gasteiger partial charge in [0.25, 0.3) is 0 Å². The van der Waals surface area contributed by atoms with Gasteiger partial charge in [0.1, 0.15) is 11.5 Å². The van der Waals surface area contributed by atoms with Crippen molar-refractivity contribution < 1.29 is 9.15 Å². The first kappa shape index (κ1) is 13.3. The summed E-state index contributed by atoms with van der Waals surface area (Å²) in [6.07, 6.45) is 1.02. The Bertz CT molecular complexity index is 479. The summed E-state index contributed by atoms with van der Waals surface area (Å²) in [6, 6.07) is 11.9. The lowest BCUT2D eigenvalue weighted by Crippen LogP contribution is -1.98. The van der Waals surface area contributed by atoms with E-state index in [1.54, 1.807) is 0 Å². The van der Waals surface area contributed by atoms with E-state index in [1.165, 1.54) is 0 Å². The fourth-order valence-corrected chi connectivity index (χ4v) is 1.99. The minimum atomic E-state index is 0.693. The van der Waals surface area contributed by atoms with Crippen LogP contribution in [-0.2, 0) is 6.54 Å². The van der Waals surface area contributed by atoms with Gasteiger partial charge in [-0.25, -0.2) is 0 Å². The molecule has 18 heavy (non-hydrogen) atoms. The zero-order chi connectivity index (χ0) is 12.8. The molecule has 0 saturated heterocycles. The molecule has 0 spiro atoms. The first-order chi connectivity index (χ1) is 8.78. The normalized spacial score (nSPS) is 10.3. The van der Waals surface area contributed by atoms with Crippen LogP contribution in [-0.4, -0.2) is 6.61 Å². The second kappa shape index (κ2) is 6.68. The highest BCUT2D eigenvalue weighted by atomic mass is 127. The smallest absolute Gasteiger partial charge is 0.164 e. The van der Waals surface area contributed by atoms with Crippen molar-refractivity contribution in [2.45, 2.75) is 19.9 Å². The Balaban J connectivity index is 1.86. The van der Waals surface area contributed by atoms with Gasteiger partial charge in [-0.15, -0.1) is 0 Å². The molecule has 0 fully saturated rings. The Morgan fingerprint density at radius 2 is 1.94 bits per heavy atom. The van der Waals surface area contributed by atoms with Crippen LogP contribution in [0.25, 0.3) is 0 Å². The van der Waals surface area contributed by atoms with Gasteiger partial charge in [-0.05, 0) is 65.4 Å². The van der Waals surface area contributed by atoms with Crippen molar-refractivity contribution in [1.29, 1.82) is 0 Å². The topological polar surface area (TPSA) is 34.4 Å². The Morgan fingerprint density at radius 3 is 2.56 bits per heavy atom. The van der Waals surface area contributed by atoms with E-state index < -0.39 is 0 Å². The molecule has 0 saturated carbocycles. The van der Waals surface area contributed by atoms with Crippen LogP contribution < -0.4 is 10.1 Å². The van der Waals surface area contributed by atoms with Gasteiger partial charge in [0.15, 0.2) is 3.77 Å². The van der Waals surface area contributed by atoms with Crippen LogP contribution in [0.5, 0.6) is 5.75 Å². The second-order valence-electron chi connectivity index (χ2n) is 3.93. The highest BCUT2D eigenvalue weighted by Gasteiger charge is 1.99. The average molecular weight is 357 g/mol. The molecule has 0 radical (unpaired) electrons. The van der Waals surface area contributed by atoms with Crippen molar-refractivity contribution in [2.24, 2.45) is 0 Å². The largest absolute Gasteiger partial charge is 0.494 e. The summed E-state index contributed by atoms with van der Waals surface area (Å²) in [5, 5.41) is 3.30. The van der Waals surface area contributed by atoms with E-state index in [9.17, 15) is 0 Å². The van der Waals surface area contributed by atoms with E-state index in [-0.39, 0.29) is 0 Å². The SMILES string of the molecule is CCCOc1ccc(NCc2ccc(I)o2)cc1. The zero-order valence-corrected chi connectivity index (χ0v) is 12.4. The molecular formula is C14H16INO2. The maximum Gasteiger partial charge on any atom is 0.164 e. The molecule has 1 heterocycles. The van der Waals surface area contributed by atoms with Gasteiger partial charge < -0.3 is 14.5 Å². The van der Waals surface area contributed by atoms with Gasteiger partial charge in [-0.3, -0.25) is 0 Å². The molecular weight excluding hydrogens is 341 g/mol. The van der Waals surface area contributed by atoms with Crippen LogP contribution in [0.4, 0.5) is 5.69 Å². The minimum absolute atomic E-state index is 0.693. The van der Waals surface area contributed by atoms with Crippen molar-refractivity contribution in [3.63, 3.8) is 0 Å². The fraction of sp³-hybridized carbons (Fsp3) is 0.286. The van der Waals surface area contributed by atoms with Crippen molar-refractivity contribution >= 4 is 28.3 Å². The van der Waals surface area contributed by atoms with Crippen molar-refractivity contribution in [3.05, 3.63) is 45.9 Å². The molecule has 0 atom stereocenters. The maximum absolute atomic E-state index is 5.53. The number of hydrogen-bond acceptors (Lipinski definition) is 3. The van der Waals surface area contributed by atoms with Gasteiger partial charge in [0, 0.05) is 5.69 Å². The Labute approximate surface area is 121 Å². The number of rotatable bonds is 6. The van der Waals surface area contributed by atoms with Crippen LogP contribution >= 0.6 is 22.6 Å². The molecule has 4 heteroatoms. The van der Waals surface area contributed by atoms with E-state index in [0.29, 0.717) is 6.54 Å². The van der Waals surface area contributed by atoms with Crippen LogP contribution in [0, 0.1) is 3.77 Å². The van der Waals surface area contributed by atoms with E-state index in [4.69, 9.17) is 9.15 Å². The van der Waals surface area contributed by atoms with Crippen molar-refractivity contribution in [2.75, 3.05) is 11.9 Å². The fourth-order valence-electron chi connectivity index (χ4n) is 1.52. The van der Waals surface area contributed by atoms with E-state index in [0.717, 1.165) is 34.0 Å². The quantitative estimate of drug-likeness (QED) is 0.784. The van der Waals surface area contributed by atoms with Gasteiger partial charge in [-0.1, -0.05) is 6.92 Å². The molecule has 0 unspecified atom stereocenters. The predicted molar refractivity (Wildman–Crippen MR) is 81.0 cm³/mol. The molecule has 1 aromatic heterocycles. The van der Waals surface area contributed by atoms with E-state index in [2.05, 4.69) is 34.8 Å². The van der Waals surface area contributed by atoms with Crippen LogP contribution in [0.15, 0.2) is 40.8 Å². The molecule has 0 aliphatic rings. The lowest BCUT2D eigenvalue weighted by molar-refractivity contribution is 0.317. The summed E-state index contributed by atoms with van der Waals surface area (Å²) in [5.74, 6) is 1.85. The highest BCUT2D eigenvalue weighted by molar-refractivity contribution is 14.1. The van der Waals surface area contributed by atoms with Crippen LogP contribution in [0.2, 0.25) is 0 Å². The number of anilines is 1. The Kier molecular flexibility index (Phi) is 4.92. The summed E-state index contributed by atoms with van der Waals surface area (Å²) < 4.78 is 11.9. The lowest BCUT2D eigenvalue weighted by Gasteiger charge is -2.07. The molecule has 1 aromatic carbocycles. The first-order valence-corrected chi connectivity index (χ1v) is 7.07. The standard InChI is InChI=1S/C14H16INO2/c1-2-9-17-12-5-3-11(4-6-12)16-10-13-7-8-14(15)18-13/h3-8,16H,2,9-10H2,1H3. The molecule has 0 aliphatic carbocycles. The van der Waals surface area contributed by atoms with E-state index in [1.807, 2.05) is 36.4 Å². The maximum atomic E-state index is 5.53. The van der Waals surface area contributed by atoms with Gasteiger partial charge in [-0.2, -0.15) is 0 Å². The number of ether oxygens (including phenoxy) is 1. The number of furan rings is 1. The third kappa shape index (κ3) is 3.94. The molecule has 0 aliphatic heterocycles. The molecule has 2 aromatic rings. The molecule has 3 nitrogen and oxygen atoms in total. The summed E-state index contributed by atoms with van der Waals surface area (Å²) in [6.45, 7) is 3.55.